The molecule has 1 aromatic carbocycles. The van der Waals surface area contributed by atoms with E-state index in [-0.39, 0.29) is 13.2 Å². The summed E-state index contributed by atoms with van der Waals surface area (Å²) >= 11 is 0. The molecule has 9 nitrogen and oxygen atoms in total. The quantitative estimate of drug-likeness (QED) is 0.388. The Hall–Kier alpha value is -2.81. The second kappa shape index (κ2) is 11.8. The van der Waals surface area contributed by atoms with Gasteiger partial charge < -0.3 is 29.8 Å². The maximum absolute atomic E-state index is 8.90. The molecule has 0 aliphatic heterocycles. The third-order valence-corrected chi connectivity index (χ3v) is 4.00. The Bertz CT molecular complexity index is 747. The number of nitrogens with one attached hydrogen (secondary N) is 2. The number of methoxy groups -OCH3 is 1. The number of guanidine groups is 1. The van der Waals surface area contributed by atoms with Gasteiger partial charge in [-0.2, -0.15) is 0 Å². The fraction of sp³-hybridized carbons (Fsp3) is 0.526. The van der Waals surface area contributed by atoms with Gasteiger partial charge in [0.2, 0.25) is 0 Å². The van der Waals surface area contributed by atoms with Crippen LogP contribution in [0.4, 0.5) is 0 Å². The predicted octanol–water partition coefficient (Wildman–Crippen LogP) is 0.976. The maximum Gasteiger partial charge on any atom is 0.191 e. The third kappa shape index (κ3) is 6.41. The molecule has 2 rings (SSSR count). The van der Waals surface area contributed by atoms with E-state index >= 15 is 0 Å². The van der Waals surface area contributed by atoms with E-state index in [1.807, 2.05) is 29.7 Å². The molecule has 3 N–H and O–H groups in total. The van der Waals surface area contributed by atoms with E-state index in [9.17, 15) is 0 Å². The summed E-state index contributed by atoms with van der Waals surface area (Å²) in [7, 11) is 1.59. The van der Waals surface area contributed by atoms with Crippen molar-refractivity contribution in [1.29, 1.82) is 0 Å². The Balaban J connectivity index is 1.95. The lowest BCUT2D eigenvalue weighted by molar-refractivity contribution is 0.196. The highest BCUT2D eigenvalue weighted by molar-refractivity contribution is 5.79. The van der Waals surface area contributed by atoms with Crippen LogP contribution in [-0.2, 0) is 19.5 Å². The number of aliphatic imine (C=N–C) groups is 1. The fourth-order valence-corrected chi connectivity index (χ4v) is 2.63. The molecular weight excluding hydrogens is 360 g/mol. The molecule has 0 aliphatic rings. The zero-order valence-corrected chi connectivity index (χ0v) is 16.8. The van der Waals surface area contributed by atoms with Gasteiger partial charge >= 0.3 is 0 Å². The molecular formula is C19H30N6O3. The van der Waals surface area contributed by atoms with Gasteiger partial charge in [-0.3, -0.25) is 0 Å². The van der Waals surface area contributed by atoms with Crippen LogP contribution in [0.5, 0.6) is 11.5 Å². The molecule has 1 aromatic heterocycles. The van der Waals surface area contributed by atoms with Crippen molar-refractivity contribution in [2.45, 2.75) is 33.4 Å². The van der Waals surface area contributed by atoms with Crippen LogP contribution in [0, 0.1) is 0 Å². The molecule has 154 valence electrons. The average Bonchev–Trinajstić information content (AvgIpc) is 3.18. The first-order chi connectivity index (χ1) is 13.7. The molecule has 0 spiro atoms. The van der Waals surface area contributed by atoms with Crippen molar-refractivity contribution >= 4 is 5.96 Å². The number of benzene rings is 1. The summed E-state index contributed by atoms with van der Waals surface area (Å²) in [4.78, 5) is 4.63. The van der Waals surface area contributed by atoms with E-state index in [0.717, 1.165) is 36.9 Å². The Morgan fingerprint density at radius 3 is 2.82 bits per heavy atom. The molecule has 0 aliphatic carbocycles. The number of aliphatic hydroxyl groups excluding tert-OH is 1. The van der Waals surface area contributed by atoms with Crippen molar-refractivity contribution in [3.8, 4) is 11.5 Å². The number of hydrogen-bond donors (Lipinski definition) is 3. The molecule has 0 saturated carbocycles. The molecule has 0 bridgehead atoms. The Kier molecular flexibility index (Phi) is 9.06. The molecule has 0 amide bonds. The van der Waals surface area contributed by atoms with E-state index in [4.69, 9.17) is 14.6 Å². The van der Waals surface area contributed by atoms with Crippen LogP contribution in [0.2, 0.25) is 0 Å². The molecule has 0 radical (unpaired) electrons. The molecule has 0 atom stereocenters. The first kappa shape index (κ1) is 21.5. The number of nitrogens with zero attached hydrogens (tertiary/aromatic N) is 4. The van der Waals surface area contributed by atoms with Crippen LogP contribution in [0.1, 0.15) is 25.2 Å². The van der Waals surface area contributed by atoms with E-state index in [1.165, 1.54) is 0 Å². The Morgan fingerprint density at radius 1 is 1.25 bits per heavy atom. The lowest BCUT2D eigenvalue weighted by Crippen LogP contribution is -2.38. The Labute approximate surface area is 165 Å². The molecule has 0 unspecified atom stereocenters. The SMILES string of the molecule is CCNC(=NCc1ccc(OCCO)c(OC)c1)NCCn1cnnc1CC. The lowest BCUT2D eigenvalue weighted by atomic mass is 10.2. The lowest BCUT2D eigenvalue weighted by Gasteiger charge is -2.13. The predicted molar refractivity (Wildman–Crippen MR) is 108 cm³/mol. The van der Waals surface area contributed by atoms with Crippen LogP contribution in [0.15, 0.2) is 29.5 Å². The van der Waals surface area contributed by atoms with E-state index < -0.39 is 0 Å². The van der Waals surface area contributed by atoms with Crippen molar-refractivity contribution in [2.24, 2.45) is 4.99 Å². The maximum atomic E-state index is 8.90. The van der Waals surface area contributed by atoms with Crippen molar-refractivity contribution in [3.05, 3.63) is 35.9 Å². The number of ether oxygens (including phenoxy) is 2. The molecule has 1 heterocycles. The summed E-state index contributed by atoms with van der Waals surface area (Å²) in [6, 6.07) is 5.66. The summed E-state index contributed by atoms with van der Waals surface area (Å²) in [6.07, 6.45) is 2.60. The Morgan fingerprint density at radius 2 is 2.11 bits per heavy atom. The summed E-state index contributed by atoms with van der Waals surface area (Å²) in [6.45, 7) is 7.04. The van der Waals surface area contributed by atoms with Crippen LogP contribution >= 0.6 is 0 Å². The zero-order valence-electron chi connectivity index (χ0n) is 16.8. The minimum absolute atomic E-state index is 0.0399. The van der Waals surface area contributed by atoms with Crippen molar-refractivity contribution in [1.82, 2.24) is 25.4 Å². The van der Waals surface area contributed by atoms with Crippen molar-refractivity contribution in [3.63, 3.8) is 0 Å². The van der Waals surface area contributed by atoms with Crippen LogP contribution in [0.25, 0.3) is 0 Å². The van der Waals surface area contributed by atoms with Crippen LogP contribution in [-0.4, -0.2) is 59.2 Å². The normalized spacial score (nSPS) is 11.4. The zero-order chi connectivity index (χ0) is 20.2. The number of rotatable bonds is 11. The monoisotopic (exact) mass is 390 g/mol. The van der Waals surface area contributed by atoms with Gasteiger partial charge in [0.25, 0.3) is 0 Å². The molecule has 28 heavy (non-hydrogen) atoms. The number of aliphatic hydroxyl groups is 1. The van der Waals surface area contributed by atoms with E-state index in [1.54, 1.807) is 13.4 Å². The summed E-state index contributed by atoms with van der Waals surface area (Å²) in [5, 5.41) is 23.5. The second-order valence-corrected chi connectivity index (χ2v) is 5.97. The van der Waals surface area contributed by atoms with Crippen molar-refractivity contribution < 1.29 is 14.6 Å². The highest BCUT2D eigenvalue weighted by Crippen LogP contribution is 2.28. The molecule has 0 fully saturated rings. The summed E-state index contributed by atoms with van der Waals surface area (Å²) < 4.78 is 12.9. The van der Waals surface area contributed by atoms with Gasteiger partial charge in [-0.15, -0.1) is 10.2 Å². The third-order valence-electron chi connectivity index (χ3n) is 4.00. The summed E-state index contributed by atoms with van der Waals surface area (Å²) in [5.74, 6) is 2.95. The van der Waals surface area contributed by atoms with Gasteiger partial charge in [0.05, 0.1) is 20.3 Å². The van der Waals surface area contributed by atoms with Gasteiger partial charge in [0.15, 0.2) is 17.5 Å². The van der Waals surface area contributed by atoms with Gasteiger partial charge in [0, 0.05) is 26.1 Å². The minimum atomic E-state index is -0.0399. The smallest absolute Gasteiger partial charge is 0.191 e. The molecule has 9 heteroatoms. The van der Waals surface area contributed by atoms with E-state index in [2.05, 4.69) is 32.7 Å². The number of aromatic nitrogens is 3. The first-order valence-corrected chi connectivity index (χ1v) is 9.51. The fourth-order valence-electron chi connectivity index (χ4n) is 2.63. The topological polar surface area (TPSA) is 106 Å². The number of hydrogen-bond acceptors (Lipinski definition) is 6. The van der Waals surface area contributed by atoms with Gasteiger partial charge in [0.1, 0.15) is 18.8 Å². The highest BCUT2D eigenvalue weighted by Gasteiger charge is 2.06. The average molecular weight is 390 g/mol. The largest absolute Gasteiger partial charge is 0.493 e. The van der Waals surface area contributed by atoms with E-state index in [0.29, 0.717) is 24.6 Å². The minimum Gasteiger partial charge on any atom is -0.493 e. The van der Waals surface area contributed by atoms with Gasteiger partial charge in [-0.1, -0.05) is 13.0 Å². The summed E-state index contributed by atoms with van der Waals surface area (Å²) in [5.41, 5.74) is 0.998. The number of aryl methyl sites for hydroxylation is 1. The standard InChI is InChI=1S/C19H30N6O3/c1-4-18-24-23-14-25(18)9-8-21-19(20-5-2)22-13-15-6-7-16(28-11-10-26)17(12-15)27-3/h6-7,12,14,26H,4-5,8-11,13H2,1-3H3,(H2,20,21,22). The molecule has 0 saturated heterocycles. The molecule has 2 aromatic rings. The highest BCUT2D eigenvalue weighted by atomic mass is 16.5. The second-order valence-electron chi connectivity index (χ2n) is 5.97. The van der Waals surface area contributed by atoms with Gasteiger partial charge in [-0.25, -0.2) is 4.99 Å². The van der Waals surface area contributed by atoms with Crippen LogP contribution in [0.3, 0.4) is 0 Å². The van der Waals surface area contributed by atoms with Crippen molar-refractivity contribution in [2.75, 3.05) is 33.4 Å². The van der Waals surface area contributed by atoms with Gasteiger partial charge in [-0.05, 0) is 24.6 Å². The first-order valence-electron chi connectivity index (χ1n) is 9.51. The van der Waals surface area contributed by atoms with Crippen LogP contribution < -0.4 is 20.1 Å².